The predicted molar refractivity (Wildman–Crippen MR) is 100 cm³/mol. The Balaban J connectivity index is 1.86. The molecule has 1 aromatic carbocycles. The summed E-state index contributed by atoms with van der Waals surface area (Å²) in [6, 6.07) is 11.5. The molecule has 0 atom stereocenters. The molecule has 6 nitrogen and oxygen atoms in total. The molecule has 8 heteroatoms. The third-order valence-electron chi connectivity index (χ3n) is 3.37. The highest BCUT2D eigenvalue weighted by Crippen LogP contribution is 2.17. The fourth-order valence-corrected chi connectivity index (χ4v) is 2.44. The van der Waals surface area contributed by atoms with Gasteiger partial charge in [-0.1, -0.05) is 47.5 Å². The molecule has 0 bridgehead atoms. The number of rotatable bonds is 4. The van der Waals surface area contributed by atoms with Crippen molar-refractivity contribution in [1.29, 1.82) is 10.5 Å². The summed E-state index contributed by atoms with van der Waals surface area (Å²) in [7, 11) is 0. The summed E-state index contributed by atoms with van der Waals surface area (Å²) in [4.78, 5) is 0. The van der Waals surface area contributed by atoms with E-state index in [0.29, 0.717) is 21.4 Å². The van der Waals surface area contributed by atoms with Crippen molar-refractivity contribution in [3.63, 3.8) is 0 Å². The minimum Gasteiger partial charge on any atom is -0.229 e. The fraction of sp³-hybridized carbons (Fsp3) is 0. The minimum absolute atomic E-state index is 0.337. The highest BCUT2D eigenvalue weighted by Gasteiger charge is 2.04. The van der Waals surface area contributed by atoms with Crippen LogP contribution >= 0.6 is 23.2 Å². The van der Waals surface area contributed by atoms with Crippen LogP contribution in [0.25, 0.3) is 23.5 Å². The largest absolute Gasteiger partial charge is 0.229 e. The molecule has 0 N–H and O–H groups in total. The van der Waals surface area contributed by atoms with Gasteiger partial charge < -0.3 is 0 Å². The fourth-order valence-electron chi connectivity index (χ4n) is 2.17. The summed E-state index contributed by atoms with van der Waals surface area (Å²) in [6.07, 6.45) is 9.42. The van der Waals surface area contributed by atoms with E-state index in [0.717, 1.165) is 11.1 Å². The van der Waals surface area contributed by atoms with Crippen molar-refractivity contribution in [3.8, 4) is 12.1 Å². The highest BCUT2D eigenvalue weighted by atomic mass is 35.5. The molecular weight excluding hydrogens is 371 g/mol. The second-order valence-corrected chi connectivity index (χ2v) is 6.03. The Hall–Kier alpha value is -3.32. The van der Waals surface area contributed by atoms with E-state index in [1.807, 2.05) is 24.3 Å². The molecule has 0 aliphatic carbocycles. The van der Waals surface area contributed by atoms with Gasteiger partial charge >= 0.3 is 0 Å². The average molecular weight is 381 g/mol. The van der Waals surface area contributed by atoms with Gasteiger partial charge in [-0.25, -0.2) is 9.36 Å². The Morgan fingerprint density at radius 1 is 0.808 bits per heavy atom. The van der Waals surface area contributed by atoms with Gasteiger partial charge in [0, 0.05) is 0 Å². The van der Waals surface area contributed by atoms with Crippen molar-refractivity contribution < 1.29 is 0 Å². The number of halogens is 2. The van der Waals surface area contributed by atoms with Crippen LogP contribution in [0.1, 0.15) is 11.1 Å². The molecule has 0 saturated carbocycles. The van der Waals surface area contributed by atoms with E-state index in [2.05, 4.69) is 22.3 Å². The lowest BCUT2D eigenvalue weighted by atomic mass is 10.1. The maximum Gasteiger partial charge on any atom is 0.142 e. The molecule has 2 heterocycles. The molecular formula is C18H10Cl2N6. The van der Waals surface area contributed by atoms with Crippen molar-refractivity contribution >= 4 is 46.7 Å². The van der Waals surface area contributed by atoms with Gasteiger partial charge in [-0.05, 0) is 23.3 Å². The van der Waals surface area contributed by atoms with Gasteiger partial charge in [0.05, 0.1) is 34.8 Å². The number of allylic oxidation sites excluding steroid dienone is 2. The van der Waals surface area contributed by atoms with Crippen LogP contribution < -0.4 is 0 Å². The Bertz CT molecular complexity index is 987. The van der Waals surface area contributed by atoms with E-state index >= 15 is 0 Å². The van der Waals surface area contributed by atoms with Crippen LogP contribution in [0.2, 0.25) is 10.0 Å². The molecule has 0 spiro atoms. The zero-order chi connectivity index (χ0) is 18.5. The van der Waals surface area contributed by atoms with Gasteiger partial charge in [0.2, 0.25) is 0 Å². The van der Waals surface area contributed by atoms with E-state index in [9.17, 15) is 10.5 Å². The quantitative estimate of drug-likeness (QED) is 0.626. The second-order valence-electron chi connectivity index (χ2n) is 5.16. The van der Waals surface area contributed by atoms with Crippen molar-refractivity contribution in [1.82, 2.24) is 19.6 Å². The number of nitriles is 2. The number of hydrogen-bond donors (Lipinski definition) is 0. The Morgan fingerprint density at radius 2 is 1.19 bits per heavy atom. The Labute approximate surface area is 159 Å². The van der Waals surface area contributed by atoms with Crippen molar-refractivity contribution in [2.75, 3.05) is 0 Å². The normalized spacial score (nSPS) is 11.8. The van der Waals surface area contributed by atoms with Crippen LogP contribution in [-0.4, -0.2) is 19.6 Å². The van der Waals surface area contributed by atoms with E-state index < -0.39 is 0 Å². The average Bonchev–Trinajstić information content (AvgIpc) is 3.27. The first kappa shape index (κ1) is 17.5. The monoisotopic (exact) mass is 380 g/mol. The van der Waals surface area contributed by atoms with Gasteiger partial charge in [0.1, 0.15) is 23.5 Å². The lowest BCUT2D eigenvalue weighted by Gasteiger charge is -2.01. The summed E-state index contributed by atoms with van der Waals surface area (Å²) < 4.78 is 2.82. The predicted octanol–water partition coefficient (Wildman–Crippen LogP) is 4.43. The topological polar surface area (TPSA) is 83.2 Å². The molecule has 0 radical (unpaired) electrons. The first-order valence-corrected chi connectivity index (χ1v) is 8.09. The van der Waals surface area contributed by atoms with Crippen LogP contribution in [-0.2, 0) is 0 Å². The molecule has 3 aromatic rings. The molecule has 0 fully saturated rings. The number of aromatic nitrogens is 4. The smallest absolute Gasteiger partial charge is 0.142 e. The maximum absolute atomic E-state index is 9.30. The zero-order valence-corrected chi connectivity index (χ0v) is 14.7. The molecule has 0 unspecified atom stereocenters. The summed E-state index contributed by atoms with van der Waals surface area (Å²) >= 11 is 11.7. The third kappa shape index (κ3) is 4.01. The summed E-state index contributed by atoms with van der Waals surface area (Å²) in [5.74, 6) is 0. The Morgan fingerprint density at radius 3 is 1.46 bits per heavy atom. The van der Waals surface area contributed by atoms with Gasteiger partial charge in [0.15, 0.2) is 0 Å². The van der Waals surface area contributed by atoms with Gasteiger partial charge in [-0.2, -0.15) is 20.7 Å². The molecule has 3 rings (SSSR count). The van der Waals surface area contributed by atoms with Crippen LogP contribution in [0.3, 0.4) is 0 Å². The molecule has 2 aromatic heterocycles. The highest BCUT2D eigenvalue weighted by molar-refractivity contribution is 6.30. The maximum atomic E-state index is 9.30. The first-order chi connectivity index (χ1) is 12.6. The minimum atomic E-state index is 0.337. The molecule has 126 valence electrons. The molecule has 0 aliphatic heterocycles. The standard InChI is InChI=1S/C18H10Cl2N6/c19-15-9-23-25(11-15)17(7-21)5-13-1-2-14(4-3-13)6-18(8-22)26-12-16(20)10-24-26/h1-6,9-12H. The SMILES string of the molecule is N#CC(=Cc1ccc(C=C(C#N)n2cc(Cl)cn2)cc1)n1cc(Cl)cn1. The number of nitrogens with zero attached hydrogens (tertiary/aromatic N) is 6. The van der Waals surface area contributed by atoms with Crippen LogP contribution in [0, 0.1) is 22.7 Å². The van der Waals surface area contributed by atoms with E-state index in [1.165, 1.54) is 21.8 Å². The van der Waals surface area contributed by atoms with Crippen molar-refractivity contribution in [2.45, 2.75) is 0 Å². The first-order valence-electron chi connectivity index (χ1n) is 7.34. The number of benzene rings is 1. The van der Waals surface area contributed by atoms with E-state index in [4.69, 9.17) is 23.2 Å². The van der Waals surface area contributed by atoms with Crippen molar-refractivity contribution in [3.05, 3.63) is 70.2 Å². The zero-order valence-electron chi connectivity index (χ0n) is 13.2. The van der Waals surface area contributed by atoms with Gasteiger partial charge in [-0.3, -0.25) is 0 Å². The third-order valence-corrected chi connectivity index (χ3v) is 3.76. The molecule has 0 aliphatic rings. The van der Waals surface area contributed by atoms with Crippen LogP contribution in [0.5, 0.6) is 0 Å². The van der Waals surface area contributed by atoms with E-state index in [-0.39, 0.29) is 0 Å². The molecule has 26 heavy (non-hydrogen) atoms. The molecule has 0 amide bonds. The van der Waals surface area contributed by atoms with Gasteiger partial charge in [-0.15, -0.1) is 0 Å². The molecule has 0 saturated heterocycles. The second kappa shape index (κ2) is 7.71. The summed E-state index contributed by atoms with van der Waals surface area (Å²) in [5, 5.41) is 27.5. The Kier molecular flexibility index (Phi) is 5.19. The number of hydrogen-bond acceptors (Lipinski definition) is 4. The summed E-state index contributed by atoms with van der Waals surface area (Å²) in [6.45, 7) is 0. The summed E-state index contributed by atoms with van der Waals surface area (Å²) in [5.41, 5.74) is 2.30. The van der Waals surface area contributed by atoms with Crippen LogP contribution in [0.4, 0.5) is 0 Å². The van der Waals surface area contributed by atoms with Gasteiger partial charge in [0.25, 0.3) is 0 Å². The lowest BCUT2D eigenvalue weighted by Crippen LogP contribution is -1.95. The van der Waals surface area contributed by atoms with Crippen molar-refractivity contribution in [2.24, 2.45) is 0 Å². The lowest BCUT2D eigenvalue weighted by molar-refractivity contribution is 0.916. The van der Waals surface area contributed by atoms with E-state index in [1.54, 1.807) is 24.5 Å². The van der Waals surface area contributed by atoms with Crippen LogP contribution in [0.15, 0.2) is 49.1 Å².